The summed E-state index contributed by atoms with van der Waals surface area (Å²) in [6, 6.07) is 3.91. The minimum atomic E-state index is -1.58. The molecule has 10 nitrogen and oxygen atoms in total. The van der Waals surface area contributed by atoms with Crippen molar-refractivity contribution in [3.05, 3.63) is 73.9 Å². The van der Waals surface area contributed by atoms with E-state index in [9.17, 15) is 24.6 Å². The molecule has 0 fully saturated rings. The lowest BCUT2D eigenvalue weighted by molar-refractivity contribution is -0.123. The summed E-state index contributed by atoms with van der Waals surface area (Å²) in [7, 11) is 0. The number of ketones is 3. The lowest BCUT2D eigenvalue weighted by Crippen LogP contribution is -2.41. The number of Topliss-reactive ketones (excluding diaryl/α,β-unsaturated/α-hetero) is 2. The standard InChI is InChI=1S/C26H23N3O7S/c1-11-22(32)20(13(3)30)24-21(23(11)33)26(4)16(35-24)9-15(31)19(25(26)34)12(2)27-10-18-28-17(29-36-18)8-14-6-5-7-37-14/h5-7,9,27,32-33H,8,10H2,1-4H3. The van der Waals surface area contributed by atoms with Crippen LogP contribution in [0.3, 0.4) is 0 Å². The van der Waals surface area contributed by atoms with Crippen LogP contribution in [0, 0.1) is 6.92 Å². The van der Waals surface area contributed by atoms with Gasteiger partial charge in [0.15, 0.2) is 23.2 Å². The Morgan fingerprint density at radius 2 is 1.97 bits per heavy atom. The van der Waals surface area contributed by atoms with E-state index in [4.69, 9.17) is 9.26 Å². The molecule has 2 aromatic heterocycles. The third kappa shape index (κ3) is 3.73. The number of benzene rings is 1. The second-order valence-corrected chi connectivity index (χ2v) is 10.1. The van der Waals surface area contributed by atoms with Crippen molar-refractivity contribution in [3.8, 4) is 17.2 Å². The van der Waals surface area contributed by atoms with Crippen molar-refractivity contribution in [2.45, 2.75) is 46.1 Å². The first-order valence-electron chi connectivity index (χ1n) is 11.4. The minimum absolute atomic E-state index is 0.0213. The zero-order valence-corrected chi connectivity index (χ0v) is 21.3. The van der Waals surface area contributed by atoms with Gasteiger partial charge in [-0.15, -0.1) is 11.3 Å². The van der Waals surface area contributed by atoms with E-state index in [0.29, 0.717) is 12.2 Å². The van der Waals surface area contributed by atoms with Gasteiger partial charge in [-0.25, -0.2) is 0 Å². The Kier molecular flexibility index (Phi) is 5.75. The Balaban J connectivity index is 1.47. The van der Waals surface area contributed by atoms with Crippen LogP contribution in [-0.2, 0) is 28.0 Å². The molecule has 1 aromatic carbocycles. The Morgan fingerprint density at radius 3 is 2.65 bits per heavy atom. The fraction of sp³-hybridized carbons (Fsp3) is 0.269. The van der Waals surface area contributed by atoms with E-state index in [1.807, 2.05) is 17.5 Å². The number of fused-ring (bicyclic) bond motifs is 3. The Labute approximate surface area is 215 Å². The summed E-state index contributed by atoms with van der Waals surface area (Å²) in [5.74, 6) is -1.87. The van der Waals surface area contributed by atoms with E-state index < -0.39 is 28.5 Å². The van der Waals surface area contributed by atoms with Crippen LogP contribution >= 0.6 is 11.3 Å². The number of phenolic OH excluding ortho intramolecular Hbond substituents is 2. The molecule has 11 heteroatoms. The summed E-state index contributed by atoms with van der Waals surface area (Å²) < 4.78 is 11.1. The quantitative estimate of drug-likeness (QED) is 0.250. The first kappa shape index (κ1) is 24.4. The second-order valence-electron chi connectivity index (χ2n) is 9.10. The topological polar surface area (TPSA) is 152 Å². The number of allylic oxidation sites excluding steroid dienone is 4. The van der Waals surface area contributed by atoms with Crippen LogP contribution in [0.25, 0.3) is 0 Å². The summed E-state index contributed by atoms with van der Waals surface area (Å²) in [5.41, 5.74) is -1.51. The molecule has 0 bridgehead atoms. The van der Waals surface area contributed by atoms with Gasteiger partial charge in [0.1, 0.15) is 34.0 Å². The molecule has 3 heterocycles. The fourth-order valence-electron chi connectivity index (χ4n) is 4.66. The predicted octanol–water partition coefficient (Wildman–Crippen LogP) is 3.39. The van der Waals surface area contributed by atoms with Crippen molar-refractivity contribution < 1.29 is 33.9 Å². The smallest absolute Gasteiger partial charge is 0.245 e. The number of hydrogen-bond acceptors (Lipinski definition) is 11. The summed E-state index contributed by atoms with van der Waals surface area (Å²) in [6.07, 6.45) is 1.70. The number of carbonyl (C=O) groups is 3. The highest BCUT2D eigenvalue weighted by Crippen LogP contribution is 2.57. The number of carbonyl (C=O) groups excluding carboxylic acids is 3. The first-order chi connectivity index (χ1) is 17.5. The van der Waals surface area contributed by atoms with E-state index in [1.54, 1.807) is 18.3 Å². The maximum atomic E-state index is 13.8. The molecular weight excluding hydrogens is 498 g/mol. The van der Waals surface area contributed by atoms with Crippen molar-refractivity contribution in [2.24, 2.45) is 0 Å². The number of aromatic hydroxyl groups is 2. The molecule has 3 aromatic rings. The number of hydrogen-bond donors (Lipinski definition) is 3. The number of thiophene rings is 1. The average molecular weight is 522 g/mol. The lowest BCUT2D eigenvalue weighted by atomic mass is 9.70. The van der Waals surface area contributed by atoms with E-state index in [0.717, 1.165) is 4.88 Å². The van der Waals surface area contributed by atoms with Crippen LogP contribution < -0.4 is 10.1 Å². The van der Waals surface area contributed by atoms with E-state index in [2.05, 4.69) is 15.5 Å². The van der Waals surface area contributed by atoms with Gasteiger partial charge >= 0.3 is 0 Å². The first-order valence-corrected chi connectivity index (χ1v) is 12.3. The monoisotopic (exact) mass is 521 g/mol. The maximum Gasteiger partial charge on any atom is 0.245 e. The van der Waals surface area contributed by atoms with Crippen LogP contribution in [0.15, 0.2) is 45.1 Å². The van der Waals surface area contributed by atoms with Gasteiger partial charge in [0.2, 0.25) is 5.89 Å². The third-order valence-corrected chi connectivity index (χ3v) is 7.56. The molecule has 1 aliphatic heterocycles. The Bertz CT molecular complexity index is 1550. The van der Waals surface area contributed by atoms with Crippen LogP contribution in [0.5, 0.6) is 17.2 Å². The number of aromatic nitrogens is 2. The molecule has 1 atom stereocenters. The molecule has 5 rings (SSSR count). The summed E-state index contributed by atoms with van der Waals surface area (Å²) in [5, 5.41) is 30.3. The summed E-state index contributed by atoms with van der Waals surface area (Å²) in [6.45, 7) is 5.85. The van der Waals surface area contributed by atoms with Gasteiger partial charge in [-0.2, -0.15) is 4.98 Å². The molecule has 37 heavy (non-hydrogen) atoms. The molecule has 3 N–H and O–H groups in total. The summed E-state index contributed by atoms with van der Waals surface area (Å²) in [4.78, 5) is 44.6. The molecule has 0 saturated carbocycles. The van der Waals surface area contributed by atoms with Gasteiger partial charge in [0, 0.05) is 28.6 Å². The molecule has 0 saturated heterocycles. The van der Waals surface area contributed by atoms with Gasteiger partial charge in [-0.1, -0.05) is 11.2 Å². The lowest BCUT2D eigenvalue weighted by Gasteiger charge is -2.29. The van der Waals surface area contributed by atoms with Crippen LogP contribution in [0.1, 0.15) is 58.8 Å². The fourth-order valence-corrected chi connectivity index (χ4v) is 5.36. The maximum absolute atomic E-state index is 13.8. The van der Waals surface area contributed by atoms with E-state index in [-0.39, 0.29) is 57.7 Å². The highest BCUT2D eigenvalue weighted by Gasteiger charge is 2.56. The van der Waals surface area contributed by atoms with Crippen molar-refractivity contribution >= 4 is 28.7 Å². The Hall–Kier alpha value is -4.25. The van der Waals surface area contributed by atoms with Crippen LogP contribution in [-0.4, -0.2) is 37.7 Å². The Morgan fingerprint density at radius 1 is 1.22 bits per heavy atom. The highest BCUT2D eigenvalue weighted by molar-refractivity contribution is 7.09. The number of ether oxygens (including phenoxy) is 1. The average Bonchev–Trinajstić information content (AvgIpc) is 3.57. The van der Waals surface area contributed by atoms with Crippen molar-refractivity contribution in [2.75, 3.05) is 0 Å². The largest absolute Gasteiger partial charge is 0.507 e. The van der Waals surface area contributed by atoms with Crippen LogP contribution in [0.2, 0.25) is 0 Å². The van der Waals surface area contributed by atoms with Crippen molar-refractivity contribution in [3.63, 3.8) is 0 Å². The molecule has 0 spiro atoms. The van der Waals surface area contributed by atoms with E-state index in [1.165, 1.54) is 26.8 Å². The minimum Gasteiger partial charge on any atom is -0.507 e. The summed E-state index contributed by atoms with van der Waals surface area (Å²) >= 11 is 1.59. The molecular formula is C26H23N3O7S. The number of nitrogens with one attached hydrogen (secondary N) is 1. The van der Waals surface area contributed by atoms with Gasteiger partial charge in [-0.3, -0.25) is 14.4 Å². The van der Waals surface area contributed by atoms with Gasteiger partial charge in [0.05, 0.1) is 17.7 Å². The van der Waals surface area contributed by atoms with E-state index >= 15 is 0 Å². The van der Waals surface area contributed by atoms with Crippen molar-refractivity contribution in [1.29, 1.82) is 0 Å². The molecule has 2 aliphatic rings. The second kappa shape index (κ2) is 8.70. The normalized spacial score (nSPS) is 19.7. The molecule has 0 radical (unpaired) electrons. The number of rotatable bonds is 6. The molecule has 0 amide bonds. The van der Waals surface area contributed by atoms with Crippen molar-refractivity contribution in [1.82, 2.24) is 15.5 Å². The zero-order valence-electron chi connectivity index (χ0n) is 20.5. The molecule has 1 aliphatic carbocycles. The van der Waals surface area contributed by atoms with Gasteiger partial charge < -0.3 is 24.8 Å². The number of nitrogens with zero attached hydrogens (tertiary/aromatic N) is 2. The third-order valence-electron chi connectivity index (χ3n) is 6.69. The highest BCUT2D eigenvalue weighted by atomic mass is 32.1. The molecule has 190 valence electrons. The molecule has 1 unspecified atom stereocenters. The number of phenols is 2. The zero-order chi connectivity index (χ0) is 26.6. The van der Waals surface area contributed by atoms with Gasteiger partial charge in [-0.05, 0) is 39.1 Å². The van der Waals surface area contributed by atoms with Gasteiger partial charge in [0.25, 0.3) is 0 Å². The predicted molar refractivity (Wildman–Crippen MR) is 132 cm³/mol. The SMILES string of the molecule is CC(=O)c1c(O)c(C)c(O)c2c1OC1=CC(=O)C(=C(C)NCc3nc(Cc4cccs4)no3)C(=O)C12C. The van der Waals surface area contributed by atoms with Crippen LogP contribution in [0.4, 0.5) is 0 Å².